The van der Waals surface area contributed by atoms with Crippen molar-refractivity contribution in [3.05, 3.63) is 72.1 Å². The molecule has 3 heterocycles. The summed E-state index contributed by atoms with van der Waals surface area (Å²) >= 11 is 0. The van der Waals surface area contributed by atoms with Crippen LogP contribution in [0.15, 0.2) is 54.7 Å². The molecule has 1 atom stereocenters. The first-order chi connectivity index (χ1) is 17.2. The van der Waals surface area contributed by atoms with Crippen LogP contribution in [0.1, 0.15) is 49.6 Å². The predicted molar refractivity (Wildman–Crippen MR) is 144 cm³/mol. The SMILES string of the molecule is C#C.CCCNCc1ncc(-c2ccc(-c3ccc(-c4nc([C@@H]5CCCN5)[nH]c4C)cc3)cc2)[nH]1. The average molecular weight is 467 g/mol. The third-order valence-corrected chi connectivity index (χ3v) is 6.33. The van der Waals surface area contributed by atoms with Crippen LogP contribution < -0.4 is 10.6 Å². The van der Waals surface area contributed by atoms with Crippen LogP contribution >= 0.6 is 0 Å². The van der Waals surface area contributed by atoms with E-state index >= 15 is 0 Å². The highest BCUT2D eigenvalue weighted by atomic mass is 15.0. The molecule has 2 aromatic carbocycles. The lowest BCUT2D eigenvalue weighted by molar-refractivity contribution is 0.612. The fraction of sp³-hybridized carbons (Fsp3) is 0.310. The first kappa shape index (κ1) is 24.5. The Bertz CT molecular complexity index is 1220. The molecule has 0 amide bonds. The molecule has 6 heteroatoms. The van der Waals surface area contributed by atoms with Gasteiger partial charge in [-0.2, -0.15) is 0 Å². The Kier molecular flexibility index (Phi) is 8.15. The molecule has 35 heavy (non-hydrogen) atoms. The van der Waals surface area contributed by atoms with Crippen molar-refractivity contribution < 1.29 is 0 Å². The first-order valence-electron chi connectivity index (χ1n) is 12.3. The van der Waals surface area contributed by atoms with Crippen LogP contribution in [0.2, 0.25) is 0 Å². The van der Waals surface area contributed by atoms with Gasteiger partial charge >= 0.3 is 0 Å². The Morgan fingerprint density at radius 2 is 1.60 bits per heavy atom. The molecule has 1 aliphatic rings. The molecule has 0 radical (unpaired) electrons. The lowest BCUT2D eigenvalue weighted by Crippen LogP contribution is -2.14. The molecular formula is C29H34N6. The lowest BCUT2D eigenvalue weighted by atomic mass is 10.0. The average Bonchev–Trinajstić information content (AvgIpc) is 3.67. The summed E-state index contributed by atoms with van der Waals surface area (Å²) in [5, 5.41) is 6.90. The maximum atomic E-state index is 4.90. The minimum absolute atomic E-state index is 0.355. The van der Waals surface area contributed by atoms with Crippen molar-refractivity contribution in [1.82, 2.24) is 30.6 Å². The number of benzene rings is 2. The third-order valence-electron chi connectivity index (χ3n) is 6.33. The van der Waals surface area contributed by atoms with E-state index in [0.29, 0.717) is 6.04 Å². The number of imidazole rings is 2. The van der Waals surface area contributed by atoms with Gasteiger partial charge in [0.15, 0.2) is 0 Å². The van der Waals surface area contributed by atoms with Crippen molar-refractivity contribution in [2.45, 2.75) is 45.7 Å². The number of aromatic amines is 2. The zero-order chi connectivity index (χ0) is 24.6. The quantitative estimate of drug-likeness (QED) is 0.201. The van der Waals surface area contributed by atoms with Gasteiger partial charge in [-0.1, -0.05) is 55.5 Å². The Balaban J connectivity index is 0.00000141. The van der Waals surface area contributed by atoms with Gasteiger partial charge in [-0.15, -0.1) is 12.8 Å². The molecule has 0 bridgehead atoms. The molecule has 2 aromatic heterocycles. The summed E-state index contributed by atoms with van der Waals surface area (Å²) in [5.41, 5.74) is 7.91. The number of hydrogen-bond donors (Lipinski definition) is 4. The number of hydrogen-bond acceptors (Lipinski definition) is 4. The van der Waals surface area contributed by atoms with E-state index in [1.54, 1.807) is 0 Å². The van der Waals surface area contributed by atoms with Crippen LogP contribution in [-0.4, -0.2) is 33.0 Å². The van der Waals surface area contributed by atoms with E-state index in [1.165, 1.54) is 17.5 Å². The second kappa shape index (κ2) is 11.7. The summed E-state index contributed by atoms with van der Waals surface area (Å²) in [5.74, 6) is 2.03. The number of rotatable bonds is 8. The molecule has 4 aromatic rings. The highest BCUT2D eigenvalue weighted by Gasteiger charge is 2.21. The van der Waals surface area contributed by atoms with Crippen molar-refractivity contribution in [2.75, 3.05) is 13.1 Å². The molecule has 1 saturated heterocycles. The van der Waals surface area contributed by atoms with Crippen LogP contribution in [0.25, 0.3) is 33.6 Å². The molecule has 0 aliphatic carbocycles. The van der Waals surface area contributed by atoms with Crippen LogP contribution in [0.4, 0.5) is 0 Å². The van der Waals surface area contributed by atoms with Gasteiger partial charge in [0.2, 0.25) is 0 Å². The van der Waals surface area contributed by atoms with Crippen molar-refractivity contribution in [1.29, 1.82) is 0 Å². The summed E-state index contributed by atoms with van der Waals surface area (Å²) in [6.07, 6.45) is 13.4. The standard InChI is InChI=1S/C27H32N6.C2H2/c1-3-14-28-17-25-30-16-24(32-25)21-10-6-19(7-11-21)20-8-12-22(13-9-20)26-18(2)31-27(33-26)23-5-4-15-29-23;1-2/h6-13,16,23,28-29H,3-5,14-15,17H2,1-2H3,(H,30,32)(H,31,33);1-2H/t23-;/m0./s1. The van der Waals surface area contributed by atoms with Crippen molar-refractivity contribution >= 4 is 0 Å². The second-order valence-electron chi connectivity index (χ2n) is 8.82. The van der Waals surface area contributed by atoms with E-state index in [9.17, 15) is 0 Å². The highest BCUT2D eigenvalue weighted by Crippen LogP contribution is 2.29. The van der Waals surface area contributed by atoms with Gasteiger partial charge in [0.25, 0.3) is 0 Å². The van der Waals surface area contributed by atoms with Crippen molar-refractivity contribution in [3.63, 3.8) is 0 Å². The molecule has 1 aliphatic heterocycles. The maximum absolute atomic E-state index is 4.90. The molecule has 0 spiro atoms. The van der Waals surface area contributed by atoms with Gasteiger partial charge in [-0.05, 0) is 56.0 Å². The minimum atomic E-state index is 0.355. The zero-order valence-corrected chi connectivity index (χ0v) is 20.6. The molecule has 0 saturated carbocycles. The predicted octanol–water partition coefficient (Wildman–Crippen LogP) is 5.62. The Hall–Kier alpha value is -3.66. The number of aromatic nitrogens is 4. The summed E-state index contributed by atoms with van der Waals surface area (Å²) in [7, 11) is 0. The molecular weight excluding hydrogens is 432 g/mol. The molecule has 0 unspecified atom stereocenters. The fourth-order valence-electron chi connectivity index (χ4n) is 4.49. The summed E-state index contributed by atoms with van der Waals surface area (Å²) < 4.78 is 0. The van der Waals surface area contributed by atoms with E-state index in [4.69, 9.17) is 4.98 Å². The minimum Gasteiger partial charge on any atom is -0.344 e. The van der Waals surface area contributed by atoms with E-state index in [-0.39, 0.29) is 0 Å². The van der Waals surface area contributed by atoms with Crippen LogP contribution in [0.3, 0.4) is 0 Å². The number of terminal acetylenes is 1. The van der Waals surface area contributed by atoms with Gasteiger partial charge in [-0.25, -0.2) is 9.97 Å². The second-order valence-corrected chi connectivity index (χ2v) is 8.82. The van der Waals surface area contributed by atoms with Crippen LogP contribution in [0, 0.1) is 19.8 Å². The number of nitrogens with one attached hydrogen (secondary N) is 4. The zero-order valence-electron chi connectivity index (χ0n) is 20.6. The number of aryl methyl sites for hydroxylation is 1. The monoisotopic (exact) mass is 466 g/mol. The number of nitrogens with zero attached hydrogens (tertiary/aromatic N) is 2. The van der Waals surface area contributed by atoms with E-state index in [2.05, 4.69) is 101 Å². The first-order valence-corrected chi connectivity index (χ1v) is 12.3. The van der Waals surface area contributed by atoms with E-state index in [0.717, 1.165) is 72.3 Å². The van der Waals surface area contributed by atoms with Gasteiger partial charge in [-0.3, -0.25) is 0 Å². The van der Waals surface area contributed by atoms with Crippen LogP contribution in [-0.2, 0) is 6.54 Å². The van der Waals surface area contributed by atoms with Gasteiger partial charge in [0, 0.05) is 11.3 Å². The van der Waals surface area contributed by atoms with Gasteiger partial charge < -0.3 is 20.6 Å². The smallest absolute Gasteiger partial charge is 0.124 e. The van der Waals surface area contributed by atoms with Gasteiger partial charge in [0.05, 0.1) is 30.2 Å². The van der Waals surface area contributed by atoms with Crippen LogP contribution in [0.5, 0.6) is 0 Å². The van der Waals surface area contributed by atoms with Crippen molar-refractivity contribution in [2.24, 2.45) is 0 Å². The Morgan fingerprint density at radius 1 is 0.943 bits per heavy atom. The highest BCUT2D eigenvalue weighted by molar-refractivity contribution is 5.72. The maximum Gasteiger partial charge on any atom is 0.124 e. The summed E-state index contributed by atoms with van der Waals surface area (Å²) in [6.45, 7) is 7.12. The molecule has 180 valence electrons. The summed E-state index contributed by atoms with van der Waals surface area (Å²) in [4.78, 5) is 16.3. The van der Waals surface area contributed by atoms with Crippen molar-refractivity contribution in [3.8, 4) is 46.5 Å². The number of H-pyrrole nitrogens is 2. The lowest BCUT2D eigenvalue weighted by Gasteiger charge is -2.06. The molecule has 6 nitrogen and oxygen atoms in total. The van der Waals surface area contributed by atoms with E-state index < -0.39 is 0 Å². The fourth-order valence-corrected chi connectivity index (χ4v) is 4.49. The Morgan fingerprint density at radius 3 is 2.23 bits per heavy atom. The largest absolute Gasteiger partial charge is 0.344 e. The molecule has 5 rings (SSSR count). The van der Waals surface area contributed by atoms with Gasteiger partial charge in [0.1, 0.15) is 11.6 Å². The topological polar surface area (TPSA) is 81.4 Å². The third kappa shape index (κ3) is 5.71. The summed E-state index contributed by atoms with van der Waals surface area (Å²) in [6, 6.07) is 17.7. The molecule has 4 N–H and O–H groups in total. The normalized spacial score (nSPS) is 15.0. The van der Waals surface area contributed by atoms with E-state index in [1.807, 2.05) is 6.20 Å². The molecule has 1 fully saturated rings. The Labute approximate surface area is 208 Å².